The van der Waals surface area contributed by atoms with Crippen molar-refractivity contribution in [1.82, 2.24) is 0 Å². The van der Waals surface area contributed by atoms with Crippen LogP contribution in [-0.2, 0) is 30.0 Å². The second-order valence-electron chi connectivity index (χ2n) is 6.41. The van der Waals surface area contributed by atoms with E-state index in [2.05, 4.69) is 0 Å². The molecule has 0 amide bonds. The third-order valence-electron chi connectivity index (χ3n) is 3.94. The summed E-state index contributed by atoms with van der Waals surface area (Å²) in [5, 5.41) is 0. The first-order valence-corrected chi connectivity index (χ1v) is 13.9. The number of hydrogen-bond donors (Lipinski definition) is 0. The second-order valence-corrected chi connectivity index (χ2v) is 12.1. The Morgan fingerprint density at radius 2 is 1.72 bits per heavy atom. The minimum absolute atomic E-state index is 0.00191. The minimum atomic E-state index is -3.93. The summed E-state index contributed by atoms with van der Waals surface area (Å²) in [7, 11) is -3.93. The molecular weight excluding hydrogens is 431 g/mol. The quantitative estimate of drug-likeness (QED) is 0.307. The molecule has 0 radical (unpaired) electrons. The lowest BCUT2D eigenvalue weighted by atomic mass is 10.1. The van der Waals surface area contributed by atoms with Crippen molar-refractivity contribution in [2.75, 3.05) is 12.4 Å². The Hall–Kier alpha value is -1.31. The maximum Gasteiger partial charge on any atom is 0.440 e. The molecule has 9 heteroatoms. The van der Waals surface area contributed by atoms with Crippen LogP contribution in [0.5, 0.6) is 5.75 Å². The zero-order valence-corrected chi connectivity index (χ0v) is 19.6. The molecule has 0 saturated carbocycles. The predicted octanol–water partition coefficient (Wildman–Crippen LogP) is 5.88. The van der Waals surface area contributed by atoms with Gasteiger partial charge in [0.1, 0.15) is 5.75 Å². The number of benzene rings is 2. The maximum absolute atomic E-state index is 12.7. The van der Waals surface area contributed by atoms with Crippen LogP contribution in [0.1, 0.15) is 37.0 Å². The van der Waals surface area contributed by atoms with Crippen molar-refractivity contribution < 1.29 is 26.2 Å². The maximum atomic E-state index is 12.7. The molecule has 0 fully saturated rings. The lowest BCUT2D eigenvalue weighted by molar-refractivity contribution is 0.296. The zero-order chi connectivity index (χ0) is 21.5. The van der Waals surface area contributed by atoms with Crippen LogP contribution >= 0.6 is 18.2 Å². The van der Waals surface area contributed by atoms with Crippen LogP contribution < -0.4 is 4.52 Å². The molecule has 2 aromatic carbocycles. The summed E-state index contributed by atoms with van der Waals surface area (Å²) in [5.74, 6) is 0.912. The van der Waals surface area contributed by atoms with Crippen molar-refractivity contribution >= 4 is 28.3 Å². The van der Waals surface area contributed by atoms with E-state index in [0.717, 1.165) is 34.5 Å². The number of aryl methyl sites for hydroxylation is 2. The van der Waals surface area contributed by atoms with E-state index >= 15 is 0 Å². The molecule has 0 saturated heterocycles. The molecule has 0 heterocycles. The predicted molar refractivity (Wildman–Crippen MR) is 117 cm³/mol. The first kappa shape index (κ1) is 24.0. The molecule has 2 aromatic rings. The summed E-state index contributed by atoms with van der Waals surface area (Å²) >= 11 is 1.13. The summed E-state index contributed by atoms with van der Waals surface area (Å²) < 4.78 is 53.7. The molecular formula is C20H27O6PS2. The molecule has 0 aliphatic heterocycles. The first-order chi connectivity index (χ1) is 13.7. The van der Waals surface area contributed by atoms with Gasteiger partial charge in [-0.05, 0) is 74.0 Å². The van der Waals surface area contributed by atoms with Gasteiger partial charge < -0.3 is 4.52 Å². The molecule has 160 valence electrons. The fourth-order valence-corrected chi connectivity index (χ4v) is 6.81. The van der Waals surface area contributed by atoms with Gasteiger partial charge in [-0.25, -0.2) is 4.57 Å². The highest BCUT2D eigenvalue weighted by molar-refractivity contribution is 8.55. The van der Waals surface area contributed by atoms with Crippen LogP contribution in [0.15, 0.2) is 47.4 Å². The Morgan fingerprint density at radius 1 is 1.03 bits per heavy atom. The second kappa shape index (κ2) is 10.6. The largest absolute Gasteiger partial charge is 0.440 e. The molecule has 6 nitrogen and oxygen atoms in total. The highest BCUT2D eigenvalue weighted by atomic mass is 32.7. The van der Waals surface area contributed by atoms with Crippen molar-refractivity contribution in [2.45, 2.75) is 45.6 Å². The molecule has 2 rings (SSSR count). The average molecular weight is 459 g/mol. The fraction of sp³-hybridized carbons (Fsp3) is 0.400. The topological polar surface area (TPSA) is 78.9 Å². The summed E-state index contributed by atoms with van der Waals surface area (Å²) in [6.07, 6.45) is 0.833. The minimum Gasteiger partial charge on any atom is -0.417 e. The third-order valence-corrected chi connectivity index (χ3v) is 9.17. The summed E-state index contributed by atoms with van der Waals surface area (Å²) in [6.45, 7) is 4.48. The Balaban J connectivity index is 2.08. The van der Waals surface area contributed by atoms with Crippen molar-refractivity contribution in [1.29, 1.82) is 0 Å². The molecule has 1 unspecified atom stereocenters. The van der Waals surface area contributed by atoms with Crippen molar-refractivity contribution in [3.63, 3.8) is 0 Å². The van der Waals surface area contributed by atoms with Crippen LogP contribution in [0.2, 0.25) is 0 Å². The van der Waals surface area contributed by atoms with Gasteiger partial charge in [-0.15, -0.1) is 0 Å². The van der Waals surface area contributed by atoms with Gasteiger partial charge in [0.2, 0.25) is 0 Å². The Morgan fingerprint density at radius 3 is 2.31 bits per heavy atom. The van der Waals surface area contributed by atoms with Crippen molar-refractivity contribution in [2.24, 2.45) is 0 Å². The summed E-state index contributed by atoms with van der Waals surface area (Å²) in [5.41, 5.74) is 2.89. The Labute approximate surface area is 177 Å². The normalized spacial score (nSPS) is 13.8. The van der Waals surface area contributed by atoms with E-state index in [0.29, 0.717) is 5.75 Å². The third kappa shape index (κ3) is 7.15. The van der Waals surface area contributed by atoms with Gasteiger partial charge in [-0.3, -0.25) is 8.71 Å². The van der Waals surface area contributed by atoms with Crippen LogP contribution in [0.4, 0.5) is 0 Å². The fourth-order valence-electron chi connectivity index (χ4n) is 2.46. The van der Waals surface area contributed by atoms with Crippen LogP contribution in [-0.4, -0.2) is 20.8 Å². The summed E-state index contributed by atoms with van der Waals surface area (Å²) in [4.78, 5) is 0.00191. The number of hydrogen-bond acceptors (Lipinski definition) is 7. The molecule has 0 aliphatic carbocycles. The lowest BCUT2D eigenvalue weighted by Gasteiger charge is -2.17. The molecule has 0 aromatic heterocycles. The van der Waals surface area contributed by atoms with Gasteiger partial charge in [0.05, 0.1) is 18.1 Å². The zero-order valence-electron chi connectivity index (χ0n) is 17.1. The summed E-state index contributed by atoms with van der Waals surface area (Å²) in [6, 6.07) is 11.4. The van der Waals surface area contributed by atoms with E-state index in [4.69, 9.17) is 13.2 Å². The molecule has 1 atom stereocenters. The van der Waals surface area contributed by atoms with Gasteiger partial charge in [-0.1, -0.05) is 30.7 Å². The average Bonchev–Trinajstić information content (AvgIpc) is 2.66. The van der Waals surface area contributed by atoms with Gasteiger partial charge in [0, 0.05) is 5.75 Å². The smallest absolute Gasteiger partial charge is 0.417 e. The Kier molecular flexibility index (Phi) is 8.79. The van der Waals surface area contributed by atoms with E-state index < -0.39 is 16.9 Å². The van der Waals surface area contributed by atoms with Crippen LogP contribution in [0.3, 0.4) is 0 Å². The first-order valence-electron chi connectivity index (χ1n) is 9.33. The van der Waals surface area contributed by atoms with Crippen molar-refractivity contribution in [3.05, 3.63) is 59.2 Å². The van der Waals surface area contributed by atoms with Gasteiger partial charge in [0.15, 0.2) is 0 Å². The van der Waals surface area contributed by atoms with E-state index in [1.807, 2.05) is 39.0 Å². The van der Waals surface area contributed by atoms with Crippen LogP contribution in [0.25, 0.3) is 0 Å². The SMILES string of the molecule is CCCSP(=O)(OCC)Oc1ccc(S(=O)(=O)OCc2ccc(C)cc2C)cc1. The lowest BCUT2D eigenvalue weighted by Crippen LogP contribution is -2.07. The number of rotatable bonds is 11. The molecule has 0 aliphatic rings. The standard InChI is InChI=1S/C20H27O6PS2/c1-5-13-28-27(21,24-6-2)26-19-9-11-20(12-10-19)29(22,23)25-15-18-8-7-16(3)14-17(18)4/h7-12,14H,5-6,13,15H2,1-4H3. The van der Waals surface area contributed by atoms with Gasteiger partial charge in [-0.2, -0.15) is 8.42 Å². The molecule has 0 bridgehead atoms. The monoisotopic (exact) mass is 458 g/mol. The van der Waals surface area contributed by atoms with E-state index in [1.165, 1.54) is 24.3 Å². The molecule has 29 heavy (non-hydrogen) atoms. The van der Waals surface area contributed by atoms with Crippen LogP contribution in [0, 0.1) is 13.8 Å². The van der Waals surface area contributed by atoms with Crippen molar-refractivity contribution in [3.8, 4) is 5.75 Å². The highest BCUT2D eigenvalue weighted by Crippen LogP contribution is 2.60. The van der Waals surface area contributed by atoms with Gasteiger partial charge in [0.25, 0.3) is 10.1 Å². The van der Waals surface area contributed by atoms with E-state index in [9.17, 15) is 13.0 Å². The molecule has 0 spiro atoms. The highest BCUT2D eigenvalue weighted by Gasteiger charge is 2.26. The Bertz CT molecular complexity index is 957. The van der Waals surface area contributed by atoms with E-state index in [1.54, 1.807) is 6.92 Å². The van der Waals surface area contributed by atoms with Gasteiger partial charge >= 0.3 is 6.80 Å². The molecule has 0 N–H and O–H groups in total. The van der Waals surface area contributed by atoms with E-state index in [-0.39, 0.29) is 23.9 Å².